The molecule has 0 saturated carbocycles. The van der Waals surface area contributed by atoms with Crippen molar-refractivity contribution in [1.82, 2.24) is 5.32 Å². The standard InChI is InChI=1S/C33H37F3N2O6S/c1-2-45(41,42)30-15-8-23(9-16-30)31(18-39)37-32(40)24-5-12-27(13-6-24)38-17-25(7-14-28(38)19-44-29-20-43-21-29)22-3-10-26(11-4-22)33(34,35)36/h3-6,8-13,15-16,25,28-29,31,39H,2,7,14,17-21H2,1H3,(H,37,40)/t25?,28-,31-/m0/s1. The van der Waals surface area contributed by atoms with Crippen LogP contribution in [0.3, 0.4) is 0 Å². The predicted molar refractivity (Wildman–Crippen MR) is 163 cm³/mol. The molecule has 0 aromatic heterocycles. The van der Waals surface area contributed by atoms with Gasteiger partial charge in [-0.1, -0.05) is 31.2 Å². The third-order valence-electron chi connectivity index (χ3n) is 8.52. The molecule has 3 atom stereocenters. The van der Waals surface area contributed by atoms with Crippen molar-refractivity contribution in [2.45, 2.75) is 54.9 Å². The van der Waals surface area contributed by atoms with Gasteiger partial charge in [0.1, 0.15) is 6.10 Å². The number of hydrogen-bond donors (Lipinski definition) is 2. The maximum atomic E-state index is 13.1. The zero-order valence-corrected chi connectivity index (χ0v) is 25.7. The van der Waals surface area contributed by atoms with E-state index in [1.165, 1.54) is 12.1 Å². The second-order valence-electron chi connectivity index (χ2n) is 11.4. The number of aliphatic hydroxyl groups is 1. The van der Waals surface area contributed by atoms with Gasteiger partial charge in [-0.2, -0.15) is 13.2 Å². The Morgan fingerprint density at radius 1 is 1.02 bits per heavy atom. The van der Waals surface area contributed by atoms with Gasteiger partial charge in [-0.3, -0.25) is 4.79 Å². The lowest BCUT2D eigenvalue weighted by atomic mass is 9.86. The zero-order valence-electron chi connectivity index (χ0n) is 24.9. The van der Waals surface area contributed by atoms with Gasteiger partial charge in [0.05, 0.1) is 54.7 Å². The number of anilines is 1. The number of amides is 1. The molecule has 3 aromatic rings. The first-order valence-corrected chi connectivity index (χ1v) is 16.6. The Labute approximate surface area is 261 Å². The molecule has 3 aromatic carbocycles. The molecule has 2 aliphatic rings. The van der Waals surface area contributed by atoms with Crippen LogP contribution in [0.2, 0.25) is 0 Å². The summed E-state index contributed by atoms with van der Waals surface area (Å²) in [4.78, 5) is 15.5. The number of hydrogen-bond acceptors (Lipinski definition) is 7. The van der Waals surface area contributed by atoms with Crippen LogP contribution >= 0.6 is 0 Å². The zero-order chi connectivity index (χ0) is 32.2. The smallest absolute Gasteiger partial charge is 0.394 e. The van der Waals surface area contributed by atoms with E-state index >= 15 is 0 Å². The van der Waals surface area contributed by atoms with Crippen LogP contribution < -0.4 is 10.2 Å². The average molecular weight is 647 g/mol. The Kier molecular flexibility index (Phi) is 10.2. The number of ether oxygens (including phenoxy) is 2. The van der Waals surface area contributed by atoms with Crippen molar-refractivity contribution in [2.24, 2.45) is 0 Å². The Balaban J connectivity index is 1.29. The second kappa shape index (κ2) is 13.9. The lowest BCUT2D eigenvalue weighted by molar-refractivity contribution is -0.137. The van der Waals surface area contributed by atoms with E-state index in [0.717, 1.165) is 36.2 Å². The second-order valence-corrected chi connectivity index (χ2v) is 13.7. The molecule has 2 fully saturated rings. The largest absolute Gasteiger partial charge is 0.416 e. The number of aliphatic hydroxyl groups excluding tert-OH is 1. The molecule has 0 aliphatic carbocycles. The fourth-order valence-electron chi connectivity index (χ4n) is 5.64. The van der Waals surface area contributed by atoms with Gasteiger partial charge < -0.3 is 24.8 Å². The highest BCUT2D eigenvalue weighted by molar-refractivity contribution is 7.91. The number of rotatable bonds is 11. The van der Waals surface area contributed by atoms with Gasteiger partial charge in [0, 0.05) is 23.7 Å². The van der Waals surface area contributed by atoms with Gasteiger partial charge >= 0.3 is 6.18 Å². The molecule has 45 heavy (non-hydrogen) atoms. The summed E-state index contributed by atoms with van der Waals surface area (Å²) >= 11 is 0. The van der Waals surface area contributed by atoms with Gasteiger partial charge in [0.2, 0.25) is 0 Å². The van der Waals surface area contributed by atoms with E-state index in [4.69, 9.17) is 9.47 Å². The summed E-state index contributed by atoms with van der Waals surface area (Å²) in [6.45, 7) is 3.35. The van der Waals surface area contributed by atoms with Crippen LogP contribution in [-0.4, -0.2) is 70.3 Å². The van der Waals surface area contributed by atoms with Crippen molar-refractivity contribution >= 4 is 21.4 Å². The highest BCUT2D eigenvalue weighted by atomic mass is 32.2. The molecule has 2 saturated heterocycles. The highest BCUT2D eigenvalue weighted by Gasteiger charge is 2.33. The molecule has 0 spiro atoms. The summed E-state index contributed by atoms with van der Waals surface area (Å²) in [5, 5.41) is 12.8. The van der Waals surface area contributed by atoms with Crippen molar-refractivity contribution < 1.29 is 41.0 Å². The van der Waals surface area contributed by atoms with Gasteiger partial charge in [0.15, 0.2) is 9.84 Å². The van der Waals surface area contributed by atoms with Crippen molar-refractivity contribution in [3.63, 3.8) is 0 Å². The van der Waals surface area contributed by atoms with Gasteiger partial charge in [-0.25, -0.2) is 8.42 Å². The van der Waals surface area contributed by atoms with E-state index in [-0.39, 0.29) is 35.3 Å². The molecule has 1 unspecified atom stereocenters. The number of nitrogens with one attached hydrogen (secondary N) is 1. The molecule has 12 heteroatoms. The van der Waals surface area contributed by atoms with Gasteiger partial charge in [-0.05, 0) is 72.5 Å². The normalized spacial score (nSPS) is 20.0. The molecular formula is C33H37F3N2O6S. The maximum Gasteiger partial charge on any atom is 0.416 e. The summed E-state index contributed by atoms with van der Waals surface area (Å²) in [7, 11) is -3.37. The van der Waals surface area contributed by atoms with Crippen molar-refractivity contribution in [3.05, 3.63) is 95.1 Å². The molecule has 0 bridgehead atoms. The van der Waals surface area contributed by atoms with Crippen LogP contribution in [0.15, 0.2) is 77.7 Å². The molecule has 1 amide bonds. The Morgan fingerprint density at radius 3 is 2.24 bits per heavy atom. The third-order valence-corrected chi connectivity index (χ3v) is 10.3. The quantitative estimate of drug-likeness (QED) is 0.298. The van der Waals surface area contributed by atoms with Crippen molar-refractivity contribution in [2.75, 3.05) is 43.6 Å². The summed E-state index contributed by atoms with van der Waals surface area (Å²) in [6.07, 6.45) is -2.76. The molecule has 0 radical (unpaired) electrons. The third kappa shape index (κ3) is 7.86. The first-order chi connectivity index (χ1) is 21.5. The molecule has 242 valence electrons. The first-order valence-electron chi connectivity index (χ1n) is 15.0. The van der Waals surface area contributed by atoms with Crippen LogP contribution in [-0.2, 0) is 25.5 Å². The number of benzene rings is 3. The summed E-state index contributed by atoms with van der Waals surface area (Å²) in [6, 6.07) is 17.8. The fraction of sp³-hybridized carbons (Fsp3) is 0.424. The minimum Gasteiger partial charge on any atom is -0.394 e. The van der Waals surface area contributed by atoms with Gasteiger partial charge in [0.25, 0.3) is 5.91 Å². The van der Waals surface area contributed by atoms with Gasteiger partial charge in [-0.15, -0.1) is 0 Å². The van der Waals surface area contributed by atoms with E-state index < -0.39 is 33.5 Å². The maximum absolute atomic E-state index is 13.1. The van der Waals surface area contributed by atoms with E-state index in [1.807, 2.05) is 12.1 Å². The van der Waals surface area contributed by atoms with Crippen LogP contribution in [0, 0.1) is 0 Å². The summed E-state index contributed by atoms with van der Waals surface area (Å²) in [5.41, 5.74) is 1.96. The Bertz CT molecular complexity index is 1540. The lowest BCUT2D eigenvalue weighted by Crippen LogP contribution is -2.47. The summed E-state index contributed by atoms with van der Waals surface area (Å²) < 4.78 is 74.9. The van der Waals surface area contributed by atoms with Crippen LogP contribution in [0.1, 0.15) is 58.8 Å². The van der Waals surface area contributed by atoms with Crippen LogP contribution in [0.4, 0.5) is 18.9 Å². The molecule has 2 aliphatic heterocycles. The predicted octanol–water partition coefficient (Wildman–Crippen LogP) is 5.13. The number of halogens is 3. The monoisotopic (exact) mass is 646 g/mol. The van der Waals surface area contributed by atoms with E-state index in [2.05, 4.69) is 10.2 Å². The number of piperidine rings is 1. The molecule has 5 rings (SSSR count). The first kappa shape index (κ1) is 32.9. The molecule has 2 heterocycles. The number of carbonyl (C=O) groups is 1. The highest BCUT2D eigenvalue weighted by Crippen LogP contribution is 2.36. The van der Waals surface area contributed by atoms with Crippen LogP contribution in [0.25, 0.3) is 0 Å². The Hall–Kier alpha value is -3.45. The lowest BCUT2D eigenvalue weighted by Gasteiger charge is -2.42. The minimum atomic E-state index is -4.39. The fourth-order valence-corrected chi connectivity index (χ4v) is 6.53. The van der Waals surface area contributed by atoms with Crippen molar-refractivity contribution in [1.29, 1.82) is 0 Å². The SMILES string of the molecule is CCS(=O)(=O)c1ccc([C@H](CO)NC(=O)c2ccc(N3CC(c4ccc(C(F)(F)F)cc4)CC[C@H]3COC3COC3)cc2)cc1. The van der Waals surface area contributed by atoms with E-state index in [1.54, 1.807) is 43.3 Å². The van der Waals surface area contributed by atoms with E-state index in [9.17, 15) is 31.5 Å². The Morgan fingerprint density at radius 2 is 1.69 bits per heavy atom. The minimum absolute atomic E-state index is 0.0163. The molecular weight excluding hydrogens is 609 g/mol. The van der Waals surface area contributed by atoms with Crippen molar-refractivity contribution in [3.8, 4) is 0 Å². The number of carbonyl (C=O) groups excluding carboxylic acids is 1. The average Bonchev–Trinajstić information content (AvgIpc) is 3.02. The molecule has 8 nitrogen and oxygen atoms in total. The number of nitrogens with zero attached hydrogens (tertiary/aromatic N) is 1. The van der Waals surface area contributed by atoms with E-state index in [0.29, 0.717) is 37.5 Å². The summed E-state index contributed by atoms with van der Waals surface area (Å²) in [5.74, 6) is -0.418. The van der Waals surface area contributed by atoms with Crippen LogP contribution in [0.5, 0.6) is 0 Å². The number of sulfone groups is 1. The molecule has 2 N–H and O–H groups in total. The topological polar surface area (TPSA) is 105 Å². The number of alkyl halides is 3.